The highest BCUT2D eigenvalue weighted by Crippen LogP contribution is 2.23. The SMILES string of the molecule is CCCC(O)CNc1nc2cc([N+](=O)[O-])ccc2o1. The summed E-state index contributed by atoms with van der Waals surface area (Å²) in [5.74, 6) is 0. The predicted octanol–water partition coefficient (Wildman–Crippen LogP) is 2.31. The molecular weight excluding hydrogens is 250 g/mol. The predicted molar refractivity (Wildman–Crippen MR) is 70.1 cm³/mol. The molecule has 1 atom stereocenters. The van der Waals surface area contributed by atoms with Gasteiger partial charge >= 0.3 is 0 Å². The first-order valence-electron chi connectivity index (χ1n) is 6.07. The molecule has 0 fully saturated rings. The van der Waals surface area contributed by atoms with E-state index in [4.69, 9.17) is 4.42 Å². The zero-order chi connectivity index (χ0) is 13.8. The van der Waals surface area contributed by atoms with Gasteiger partial charge in [0.2, 0.25) is 0 Å². The summed E-state index contributed by atoms with van der Waals surface area (Å²) < 4.78 is 5.38. The molecule has 1 aromatic heterocycles. The number of aliphatic hydroxyl groups is 1. The third kappa shape index (κ3) is 3.19. The minimum absolute atomic E-state index is 0.0293. The van der Waals surface area contributed by atoms with Crippen LogP contribution >= 0.6 is 0 Å². The van der Waals surface area contributed by atoms with Gasteiger partial charge < -0.3 is 14.8 Å². The highest BCUT2D eigenvalue weighted by atomic mass is 16.6. The van der Waals surface area contributed by atoms with Gasteiger partial charge in [-0.2, -0.15) is 4.98 Å². The number of aliphatic hydroxyl groups excluding tert-OH is 1. The van der Waals surface area contributed by atoms with Crippen LogP contribution in [0, 0.1) is 10.1 Å². The first-order chi connectivity index (χ1) is 9.10. The number of nitro benzene ring substituents is 1. The summed E-state index contributed by atoms with van der Waals surface area (Å²) in [6, 6.07) is 4.48. The maximum atomic E-state index is 10.6. The van der Waals surface area contributed by atoms with Crippen LogP contribution in [0.1, 0.15) is 19.8 Å². The fourth-order valence-corrected chi connectivity index (χ4v) is 1.75. The Bertz CT molecular complexity index is 581. The van der Waals surface area contributed by atoms with Crippen LogP contribution in [0.5, 0.6) is 0 Å². The van der Waals surface area contributed by atoms with Crippen LogP contribution in [0.25, 0.3) is 11.1 Å². The van der Waals surface area contributed by atoms with E-state index in [1.807, 2.05) is 6.92 Å². The van der Waals surface area contributed by atoms with Gasteiger partial charge in [0, 0.05) is 18.7 Å². The van der Waals surface area contributed by atoms with Crippen molar-refractivity contribution in [1.82, 2.24) is 4.98 Å². The largest absolute Gasteiger partial charge is 0.424 e. The highest BCUT2D eigenvalue weighted by Gasteiger charge is 2.12. The van der Waals surface area contributed by atoms with Crippen LogP contribution in [0.3, 0.4) is 0 Å². The van der Waals surface area contributed by atoms with Gasteiger partial charge in [-0.3, -0.25) is 10.1 Å². The Morgan fingerprint density at radius 1 is 1.58 bits per heavy atom. The lowest BCUT2D eigenvalue weighted by atomic mass is 10.2. The summed E-state index contributed by atoms with van der Waals surface area (Å²) in [5.41, 5.74) is 0.859. The third-order valence-corrected chi connectivity index (χ3v) is 2.69. The van der Waals surface area contributed by atoms with E-state index in [0.29, 0.717) is 24.1 Å². The van der Waals surface area contributed by atoms with Crippen LogP contribution in [0.15, 0.2) is 22.6 Å². The van der Waals surface area contributed by atoms with Crippen molar-refractivity contribution in [2.45, 2.75) is 25.9 Å². The van der Waals surface area contributed by atoms with E-state index in [0.717, 1.165) is 6.42 Å². The maximum absolute atomic E-state index is 10.6. The number of fused-ring (bicyclic) bond motifs is 1. The van der Waals surface area contributed by atoms with Crippen molar-refractivity contribution in [3.8, 4) is 0 Å². The summed E-state index contributed by atoms with van der Waals surface area (Å²) in [7, 11) is 0. The minimum Gasteiger partial charge on any atom is -0.424 e. The minimum atomic E-state index is -0.480. The summed E-state index contributed by atoms with van der Waals surface area (Å²) in [4.78, 5) is 14.3. The van der Waals surface area contributed by atoms with Crippen molar-refractivity contribution < 1.29 is 14.4 Å². The lowest BCUT2D eigenvalue weighted by Crippen LogP contribution is -2.19. The number of rotatable bonds is 6. The van der Waals surface area contributed by atoms with E-state index >= 15 is 0 Å². The molecule has 1 unspecified atom stereocenters. The van der Waals surface area contributed by atoms with E-state index < -0.39 is 11.0 Å². The normalized spacial score (nSPS) is 12.5. The van der Waals surface area contributed by atoms with Crippen molar-refractivity contribution in [2.24, 2.45) is 0 Å². The smallest absolute Gasteiger partial charge is 0.295 e. The molecule has 2 rings (SSSR count). The summed E-state index contributed by atoms with van der Waals surface area (Å²) in [6.45, 7) is 2.32. The monoisotopic (exact) mass is 265 g/mol. The van der Waals surface area contributed by atoms with Crippen molar-refractivity contribution in [3.63, 3.8) is 0 Å². The number of hydrogen-bond acceptors (Lipinski definition) is 6. The molecule has 0 bridgehead atoms. The Morgan fingerprint density at radius 2 is 2.37 bits per heavy atom. The van der Waals surface area contributed by atoms with E-state index in [1.165, 1.54) is 18.2 Å². The van der Waals surface area contributed by atoms with Gasteiger partial charge in [-0.15, -0.1) is 0 Å². The topological polar surface area (TPSA) is 101 Å². The maximum Gasteiger partial charge on any atom is 0.295 e. The van der Waals surface area contributed by atoms with Crippen LogP contribution in [-0.2, 0) is 0 Å². The molecule has 0 aliphatic rings. The van der Waals surface area contributed by atoms with Gasteiger partial charge in [-0.05, 0) is 12.5 Å². The second kappa shape index (κ2) is 5.66. The molecule has 0 aliphatic heterocycles. The molecule has 0 radical (unpaired) electrons. The number of nitro groups is 1. The number of benzene rings is 1. The second-order valence-electron chi connectivity index (χ2n) is 4.25. The molecule has 0 saturated carbocycles. The van der Waals surface area contributed by atoms with E-state index in [9.17, 15) is 15.2 Å². The molecule has 1 heterocycles. The number of nitrogens with zero attached hydrogens (tertiary/aromatic N) is 2. The lowest BCUT2D eigenvalue weighted by Gasteiger charge is -2.08. The molecule has 102 valence electrons. The van der Waals surface area contributed by atoms with Gasteiger partial charge in [-0.1, -0.05) is 13.3 Å². The molecule has 0 aliphatic carbocycles. The molecule has 2 N–H and O–H groups in total. The van der Waals surface area contributed by atoms with E-state index in [-0.39, 0.29) is 11.7 Å². The Morgan fingerprint density at radius 3 is 3.05 bits per heavy atom. The first kappa shape index (κ1) is 13.3. The average molecular weight is 265 g/mol. The number of non-ortho nitro benzene ring substituents is 1. The Labute approximate surface area is 109 Å². The number of hydrogen-bond donors (Lipinski definition) is 2. The molecule has 7 nitrogen and oxygen atoms in total. The van der Waals surface area contributed by atoms with Gasteiger partial charge in [-0.25, -0.2) is 0 Å². The quantitative estimate of drug-likeness (QED) is 0.613. The lowest BCUT2D eigenvalue weighted by molar-refractivity contribution is -0.384. The molecular formula is C12H15N3O4. The van der Waals surface area contributed by atoms with Gasteiger partial charge in [0.15, 0.2) is 5.58 Å². The molecule has 7 heteroatoms. The number of nitrogens with one attached hydrogen (secondary N) is 1. The van der Waals surface area contributed by atoms with E-state index in [2.05, 4.69) is 10.3 Å². The Kier molecular flexibility index (Phi) is 3.96. The fourth-order valence-electron chi connectivity index (χ4n) is 1.75. The molecule has 0 spiro atoms. The molecule has 19 heavy (non-hydrogen) atoms. The van der Waals surface area contributed by atoms with Gasteiger partial charge in [0.25, 0.3) is 11.7 Å². The Hall–Kier alpha value is -2.15. The van der Waals surface area contributed by atoms with Crippen molar-refractivity contribution in [3.05, 3.63) is 28.3 Å². The average Bonchev–Trinajstić information content (AvgIpc) is 2.78. The first-order valence-corrected chi connectivity index (χ1v) is 6.07. The second-order valence-corrected chi connectivity index (χ2v) is 4.25. The van der Waals surface area contributed by atoms with Crippen LogP contribution in [0.4, 0.5) is 11.7 Å². The van der Waals surface area contributed by atoms with Gasteiger partial charge in [0.05, 0.1) is 11.0 Å². The molecule has 0 saturated heterocycles. The molecule has 0 amide bonds. The number of oxazole rings is 1. The van der Waals surface area contributed by atoms with Gasteiger partial charge in [0.1, 0.15) is 5.52 Å². The summed E-state index contributed by atoms with van der Waals surface area (Å²) in [5, 5.41) is 23.1. The van der Waals surface area contributed by atoms with Crippen LogP contribution < -0.4 is 5.32 Å². The Balaban J connectivity index is 2.11. The zero-order valence-corrected chi connectivity index (χ0v) is 10.5. The van der Waals surface area contributed by atoms with E-state index in [1.54, 1.807) is 0 Å². The van der Waals surface area contributed by atoms with Crippen LogP contribution in [0.2, 0.25) is 0 Å². The van der Waals surface area contributed by atoms with Crippen molar-refractivity contribution >= 4 is 22.8 Å². The zero-order valence-electron chi connectivity index (χ0n) is 10.5. The molecule has 2 aromatic rings. The van der Waals surface area contributed by atoms with Crippen molar-refractivity contribution in [1.29, 1.82) is 0 Å². The van der Waals surface area contributed by atoms with Crippen molar-refractivity contribution in [2.75, 3.05) is 11.9 Å². The number of aromatic nitrogens is 1. The standard InChI is InChI=1S/C12H15N3O4/c1-2-3-9(16)7-13-12-14-10-6-8(15(17)18)4-5-11(10)19-12/h4-6,9,16H,2-3,7H2,1H3,(H,13,14). The third-order valence-electron chi connectivity index (χ3n) is 2.69. The summed E-state index contributed by atoms with van der Waals surface area (Å²) in [6.07, 6.45) is 1.12. The highest BCUT2D eigenvalue weighted by molar-refractivity contribution is 5.77. The number of anilines is 1. The fraction of sp³-hybridized carbons (Fsp3) is 0.417. The van der Waals surface area contributed by atoms with Crippen LogP contribution in [-0.4, -0.2) is 27.7 Å². The summed E-state index contributed by atoms with van der Waals surface area (Å²) >= 11 is 0. The molecule has 1 aromatic carbocycles.